The molecule has 6 heteroatoms. The summed E-state index contributed by atoms with van der Waals surface area (Å²) in [6, 6.07) is 4.38. The fourth-order valence-corrected chi connectivity index (χ4v) is 2.20. The minimum absolute atomic E-state index is 0.0492. The molecule has 0 bridgehead atoms. The number of amides is 1. The SMILES string of the molecule is CCOC1=CCC(C)C(OCC(=O)Nc2ccc(O)cc2N)=C1. The summed E-state index contributed by atoms with van der Waals surface area (Å²) in [5, 5.41) is 12.0. The molecule has 2 rings (SSSR count). The molecule has 23 heavy (non-hydrogen) atoms. The van der Waals surface area contributed by atoms with Crippen LogP contribution in [-0.2, 0) is 14.3 Å². The third-order valence-electron chi connectivity index (χ3n) is 3.43. The fourth-order valence-electron chi connectivity index (χ4n) is 2.20. The van der Waals surface area contributed by atoms with Crippen LogP contribution in [-0.4, -0.2) is 24.2 Å². The van der Waals surface area contributed by atoms with Crippen LogP contribution in [0.2, 0.25) is 0 Å². The molecule has 1 aliphatic rings. The Morgan fingerprint density at radius 2 is 2.22 bits per heavy atom. The Balaban J connectivity index is 1.92. The lowest BCUT2D eigenvalue weighted by molar-refractivity contribution is -0.119. The quantitative estimate of drug-likeness (QED) is 0.554. The Kier molecular flexibility index (Phi) is 5.51. The summed E-state index contributed by atoms with van der Waals surface area (Å²) in [5.74, 6) is 1.43. The van der Waals surface area contributed by atoms with Gasteiger partial charge in [-0.25, -0.2) is 0 Å². The Bertz CT molecular complexity index is 637. The van der Waals surface area contributed by atoms with Crippen molar-refractivity contribution in [3.05, 3.63) is 41.9 Å². The van der Waals surface area contributed by atoms with Gasteiger partial charge in [-0.15, -0.1) is 0 Å². The van der Waals surface area contributed by atoms with Crippen molar-refractivity contribution in [2.75, 3.05) is 24.3 Å². The van der Waals surface area contributed by atoms with Gasteiger partial charge in [-0.3, -0.25) is 4.79 Å². The van der Waals surface area contributed by atoms with Gasteiger partial charge in [-0.05, 0) is 31.6 Å². The number of allylic oxidation sites excluding steroid dienone is 3. The van der Waals surface area contributed by atoms with Crippen LogP contribution in [0, 0.1) is 5.92 Å². The highest BCUT2D eigenvalue weighted by Gasteiger charge is 2.17. The molecule has 0 saturated carbocycles. The van der Waals surface area contributed by atoms with E-state index in [1.165, 1.54) is 12.1 Å². The third kappa shape index (κ3) is 4.67. The number of nitrogens with two attached hydrogens (primary N) is 1. The largest absolute Gasteiger partial charge is 0.508 e. The summed E-state index contributed by atoms with van der Waals surface area (Å²) in [6.45, 7) is 4.42. The van der Waals surface area contributed by atoms with Crippen molar-refractivity contribution in [1.29, 1.82) is 0 Å². The van der Waals surface area contributed by atoms with E-state index in [1.807, 2.05) is 26.0 Å². The summed E-state index contributed by atoms with van der Waals surface area (Å²) in [7, 11) is 0. The van der Waals surface area contributed by atoms with E-state index >= 15 is 0 Å². The van der Waals surface area contributed by atoms with E-state index in [0.29, 0.717) is 18.0 Å². The number of carbonyl (C=O) groups excluding carboxylic acids is 1. The molecule has 0 aliphatic heterocycles. The lowest BCUT2D eigenvalue weighted by Crippen LogP contribution is -2.20. The first-order chi connectivity index (χ1) is 11.0. The molecule has 0 fully saturated rings. The molecule has 0 radical (unpaired) electrons. The van der Waals surface area contributed by atoms with Crippen LogP contribution in [0.25, 0.3) is 0 Å². The second-order valence-electron chi connectivity index (χ2n) is 5.33. The van der Waals surface area contributed by atoms with Gasteiger partial charge in [0.1, 0.15) is 17.3 Å². The molecule has 0 aromatic heterocycles. The number of phenols is 1. The number of ether oxygens (including phenoxy) is 2. The van der Waals surface area contributed by atoms with Crippen molar-refractivity contribution in [2.24, 2.45) is 5.92 Å². The van der Waals surface area contributed by atoms with E-state index in [1.54, 1.807) is 6.07 Å². The van der Waals surface area contributed by atoms with Crippen molar-refractivity contribution in [3.63, 3.8) is 0 Å². The van der Waals surface area contributed by atoms with Crippen LogP contribution in [0.3, 0.4) is 0 Å². The number of phenolic OH excluding ortho intramolecular Hbond substituents is 1. The van der Waals surface area contributed by atoms with Crippen molar-refractivity contribution in [2.45, 2.75) is 20.3 Å². The van der Waals surface area contributed by atoms with Crippen LogP contribution in [0.15, 0.2) is 41.9 Å². The van der Waals surface area contributed by atoms with Crippen molar-refractivity contribution >= 4 is 17.3 Å². The lowest BCUT2D eigenvalue weighted by atomic mass is 10.00. The minimum atomic E-state index is -0.317. The standard InChI is InChI=1S/C17H22N2O4/c1-3-22-13-6-4-11(2)16(9-13)23-10-17(21)19-15-7-5-12(20)8-14(15)18/h5-9,11,20H,3-4,10,18H2,1-2H3,(H,19,21). The minimum Gasteiger partial charge on any atom is -0.508 e. The topological polar surface area (TPSA) is 93.8 Å². The average Bonchev–Trinajstić information content (AvgIpc) is 2.51. The summed E-state index contributed by atoms with van der Waals surface area (Å²) < 4.78 is 11.1. The maximum atomic E-state index is 12.0. The molecule has 124 valence electrons. The first-order valence-electron chi connectivity index (χ1n) is 7.55. The second-order valence-corrected chi connectivity index (χ2v) is 5.33. The number of hydrogen-bond donors (Lipinski definition) is 3. The summed E-state index contributed by atoms with van der Waals surface area (Å²) >= 11 is 0. The van der Waals surface area contributed by atoms with Gasteiger partial charge in [0.25, 0.3) is 5.91 Å². The van der Waals surface area contributed by atoms with Gasteiger partial charge < -0.3 is 25.6 Å². The monoisotopic (exact) mass is 318 g/mol. The predicted octanol–water partition coefficient (Wildman–Crippen LogP) is 2.77. The molecule has 1 atom stereocenters. The van der Waals surface area contributed by atoms with Crippen molar-refractivity contribution in [3.8, 4) is 5.75 Å². The van der Waals surface area contributed by atoms with E-state index < -0.39 is 0 Å². The normalized spacial score (nSPS) is 17.0. The molecule has 4 N–H and O–H groups in total. The summed E-state index contributed by atoms with van der Waals surface area (Å²) in [5.41, 5.74) is 6.47. The summed E-state index contributed by atoms with van der Waals surface area (Å²) in [4.78, 5) is 12.0. The smallest absolute Gasteiger partial charge is 0.262 e. The van der Waals surface area contributed by atoms with Crippen LogP contribution in [0.4, 0.5) is 11.4 Å². The Labute approximate surface area is 135 Å². The average molecular weight is 318 g/mol. The highest BCUT2D eigenvalue weighted by molar-refractivity contribution is 5.94. The van der Waals surface area contributed by atoms with Gasteiger partial charge in [0.2, 0.25) is 0 Å². The number of benzene rings is 1. The zero-order valence-electron chi connectivity index (χ0n) is 13.3. The zero-order valence-corrected chi connectivity index (χ0v) is 13.3. The van der Waals surface area contributed by atoms with Crippen molar-refractivity contribution < 1.29 is 19.4 Å². The van der Waals surface area contributed by atoms with Crippen LogP contribution < -0.4 is 11.1 Å². The first kappa shape index (κ1) is 16.7. The maximum absolute atomic E-state index is 12.0. The number of rotatable bonds is 6. The molecule has 1 amide bonds. The van der Waals surface area contributed by atoms with E-state index in [2.05, 4.69) is 5.32 Å². The summed E-state index contributed by atoms with van der Waals surface area (Å²) in [6.07, 6.45) is 4.64. The van der Waals surface area contributed by atoms with Gasteiger partial charge in [0.15, 0.2) is 6.61 Å². The third-order valence-corrected chi connectivity index (χ3v) is 3.43. The van der Waals surface area contributed by atoms with Gasteiger partial charge in [-0.2, -0.15) is 0 Å². The number of carbonyl (C=O) groups is 1. The van der Waals surface area contributed by atoms with E-state index in [-0.39, 0.29) is 24.2 Å². The molecule has 6 nitrogen and oxygen atoms in total. The molecular formula is C17H22N2O4. The number of hydrogen-bond acceptors (Lipinski definition) is 5. The number of nitrogens with one attached hydrogen (secondary N) is 1. The number of anilines is 2. The van der Waals surface area contributed by atoms with Gasteiger partial charge in [0.05, 0.1) is 18.0 Å². The van der Waals surface area contributed by atoms with Gasteiger partial charge in [0, 0.05) is 18.1 Å². The molecule has 0 spiro atoms. The Hall–Kier alpha value is -2.63. The molecular weight excluding hydrogens is 296 g/mol. The highest BCUT2D eigenvalue weighted by atomic mass is 16.5. The molecule has 1 aromatic carbocycles. The van der Waals surface area contributed by atoms with Crippen LogP contribution in [0.5, 0.6) is 5.75 Å². The maximum Gasteiger partial charge on any atom is 0.262 e. The van der Waals surface area contributed by atoms with Gasteiger partial charge in [-0.1, -0.05) is 6.92 Å². The second kappa shape index (κ2) is 7.58. The van der Waals surface area contributed by atoms with Crippen molar-refractivity contribution in [1.82, 2.24) is 0 Å². The molecule has 1 aromatic rings. The van der Waals surface area contributed by atoms with E-state index in [9.17, 15) is 9.90 Å². The predicted molar refractivity (Wildman–Crippen MR) is 88.7 cm³/mol. The molecule has 1 aliphatic carbocycles. The van der Waals surface area contributed by atoms with Crippen LogP contribution >= 0.6 is 0 Å². The van der Waals surface area contributed by atoms with Gasteiger partial charge >= 0.3 is 0 Å². The molecule has 1 unspecified atom stereocenters. The molecule has 0 saturated heterocycles. The molecule has 0 heterocycles. The van der Waals surface area contributed by atoms with E-state index in [0.717, 1.165) is 17.9 Å². The Morgan fingerprint density at radius 1 is 1.43 bits per heavy atom. The number of aromatic hydroxyl groups is 1. The zero-order chi connectivity index (χ0) is 16.8. The number of nitrogen functional groups attached to an aromatic ring is 1. The fraction of sp³-hybridized carbons (Fsp3) is 0.353. The Morgan fingerprint density at radius 3 is 2.91 bits per heavy atom. The highest BCUT2D eigenvalue weighted by Crippen LogP contribution is 2.26. The van der Waals surface area contributed by atoms with E-state index in [4.69, 9.17) is 15.2 Å². The first-order valence-corrected chi connectivity index (χ1v) is 7.55. The van der Waals surface area contributed by atoms with Crippen LogP contribution in [0.1, 0.15) is 20.3 Å². The lowest BCUT2D eigenvalue weighted by Gasteiger charge is -2.21.